The van der Waals surface area contributed by atoms with Gasteiger partial charge in [-0.3, -0.25) is 0 Å². The second-order valence-corrected chi connectivity index (χ2v) is 18.6. The van der Waals surface area contributed by atoms with E-state index >= 15 is 0 Å². The molecule has 0 amide bonds. The molecule has 16 heteroatoms. The van der Waals surface area contributed by atoms with E-state index in [2.05, 4.69) is 118 Å². The number of fused-ring (bicyclic) bond motifs is 3. The average Bonchev–Trinajstić information content (AvgIpc) is 4.10. The van der Waals surface area contributed by atoms with Crippen LogP contribution in [0.2, 0.25) is 0 Å². The van der Waals surface area contributed by atoms with Gasteiger partial charge in [0.25, 0.3) is 0 Å². The molecule has 3 aromatic heterocycles. The quantitative estimate of drug-likeness (QED) is 0.0890. The number of aromatic amines is 1. The molecule has 66 heavy (non-hydrogen) atoms. The van der Waals surface area contributed by atoms with E-state index in [1.54, 1.807) is 41.4 Å². The fourth-order valence-electron chi connectivity index (χ4n) is 6.84. The predicted octanol–water partition coefficient (Wildman–Crippen LogP) is 13.6. The van der Waals surface area contributed by atoms with Crippen molar-refractivity contribution >= 4 is 134 Å². The molecule has 338 valence electrons. The number of aromatic nitrogens is 3. The van der Waals surface area contributed by atoms with E-state index in [1.165, 1.54) is 59.8 Å². The van der Waals surface area contributed by atoms with Crippen LogP contribution in [0.1, 0.15) is 47.8 Å². The van der Waals surface area contributed by atoms with Gasteiger partial charge in [-0.2, -0.15) is 0 Å². The molecular formula is C50H38BrF3I3N3O6. The number of hydrogen-bond acceptors (Lipinski definition) is 5. The Hall–Kier alpha value is -5.19. The highest BCUT2D eigenvalue weighted by atomic mass is 127. The Morgan fingerprint density at radius 1 is 0.545 bits per heavy atom. The second kappa shape index (κ2) is 23.5. The lowest BCUT2D eigenvalue weighted by Gasteiger charge is -2.09. The van der Waals surface area contributed by atoms with Gasteiger partial charge in [-0.15, -0.1) is 0 Å². The van der Waals surface area contributed by atoms with Crippen LogP contribution >= 0.6 is 83.7 Å². The monoisotopic (exact) mass is 1290 g/mol. The number of carboxylic acids is 1. The smallest absolute Gasteiger partial charge is 0.340 e. The number of ether oxygens (including phenoxy) is 2. The molecule has 9 aromatic rings. The number of carbonyl (C=O) groups excluding carboxylic acids is 2. The standard InChI is InChI=1S/C17H13FINO2.C16H11FINO2.C10H8FNO2.C7H6BrI/c1-22-17(21)14-6-7-15(18)13-8-9-20(16(13)14)10-11-2-4-12(19)5-3-11;17-14-6-5-13(16(20)21)15-12(14)7-8-19(15)9-10-1-3-11(18)4-2-10;1-14-10(13)7-2-3-8(11)6-4-5-12-9(6)7;8-5-6-1-3-7(9)4-2-6/h2-9H,10H2,1H3;1-8H,9H2,(H,20,21);2-5,12H,1H3;1-4H,5H2. The molecule has 9 nitrogen and oxygen atoms in total. The third-order valence-corrected chi connectivity index (χ3v) is 12.9. The third-order valence-electron chi connectivity index (χ3n) is 10.1. The van der Waals surface area contributed by atoms with Gasteiger partial charge in [-0.05, 0) is 175 Å². The summed E-state index contributed by atoms with van der Waals surface area (Å²) in [5.74, 6) is -3.10. The van der Waals surface area contributed by atoms with Crippen molar-refractivity contribution in [3.63, 3.8) is 0 Å². The fourth-order valence-corrected chi connectivity index (χ4v) is 8.29. The summed E-state index contributed by atoms with van der Waals surface area (Å²) in [5.41, 5.74) is 5.72. The van der Waals surface area contributed by atoms with Crippen LogP contribution in [-0.4, -0.2) is 51.4 Å². The van der Waals surface area contributed by atoms with Crippen molar-refractivity contribution in [2.45, 2.75) is 18.4 Å². The molecule has 3 heterocycles. The number of carbonyl (C=O) groups is 3. The van der Waals surface area contributed by atoms with Crippen LogP contribution in [0.4, 0.5) is 13.2 Å². The van der Waals surface area contributed by atoms with Crippen molar-refractivity contribution in [2.24, 2.45) is 0 Å². The molecule has 0 atom stereocenters. The topological polar surface area (TPSA) is 116 Å². The van der Waals surface area contributed by atoms with Gasteiger partial charge in [0, 0.05) is 63.9 Å². The summed E-state index contributed by atoms with van der Waals surface area (Å²) in [5, 5.41) is 11.4. The number of aromatic carboxylic acids is 1. The Labute approximate surface area is 426 Å². The molecule has 9 rings (SSSR count). The van der Waals surface area contributed by atoms with Gasteiger partial charge in [-0.1, -0.05) is 52.3 Å². The lowest BCUT2D eigenvalue weighted by molar-refractivity contribution is 0.0593. The highest BCUT2D eigenvalue weighted by Gasteiger charge is 2.18. The van der Waals surface area contributed by atoms with Crippen molar-refractivity contribution in [1.82, 2.24) is 14.1 Å². The van der Waals surface area contributed by atoms with E-state index in [0.717, 1.165) is 23.6 Å². The SMILES string of the molecule is BrCc1ccc(I)cc1.COC(=O)c1ccc(F)c2cc[nH]c12.COC(=O)c1ccc(F)c2ccn(Cc3ccc(I)cc3)c12.O=C(O)c1ccc(F)c2ccn(Cc3ccc(I)cc3)c12. The minimum Gasteiger partial charge on any atom is -0.478 e. The van der Waals surface area contributed by atoms with Gasteiger partial charge >= 0.3 is 17.9 Å². The Bertz CT molecular complexity index is 3140. The second-order valence-electron chi connectivity index (χ2n) is 14.3. The third kappa shape index (κ3) is 12.4. The number of hydrogen-bond donors (Lipinski definition) is 2. The van der Waals surface area contributed by atoms with Gasteiger partial charge in [0.2, 0.25) is 0 Å². The van der Waals surface area contributed by atoms with Crippen LogP contribution in [-0.2, 0) is 27.9 Å². The van der Waals surface area contributed by atoms with Gasteiger partial charge in [0.1, 0.15) is 17.5 Å². The minimum absolute atomic E-state index is 0.113. The molecule has 0 saturated carbocycles. The Morgan fingerprint density at radius 2 is 0.939 bits per heavy atom. The zero-order chi connectivity index (χ0) is 47.5. The van der Waals surface area contributed by atoms with E-state index < -0.39 is 23.7 Å². The normalized spacial score (nSPS) is 10.6. The molecule has 0 radical (unpaired) electrons. The van der Waals surface area contributed by atoms with Crippen molar-refractivity contribution in [2.75, 3.05) is 14.2 Å². The predicted molar refractivity (Wildman–Crippen MR) is 280 cm³/mol. The maximum absolute atomic E-state index is 14.0. The van der Waals surface area contributed by atoms with Crippen LogP contribution in [0, 0.1) is 28.2 Å². The number of esters is 2. The number of H-pyrrole nitrogens is 1. The molecule has 6 aromatic carbocycles. The highest BCUT2D eigenvalue weighted by Crippen LogP contribution is 2.27. The van der Waals surface area contributed by atoms with Gasteiger partial charge in [0.15, 0.2) is 0 Å². The fraction of sp³-hybridized carbons (Fsp3) is 0.100. The zero-order valence-corrected chi connectivity index (χ0v) is 43.1. The van der Waals surface area contributed by atoms with Crippen molar-refractivity contribution in [1.29, 1.82) is 0 Å². The molecular weight excluding hydrogens is 1260 g/mol. The van der Waals surface area contributed by atoms with Crippen LogP contribution in [0.25, 0.3) is 32.7 Å². The van der Waals surface area contributed by atoms with Gasteiger partial charge in [-0.25, -0.2) is 27.6 Å². The number of nitrogens with one attached hydrogen (secondary N) is 1. The van der Waals surface area contributed by atoms with Crippen LogP contribution < -0.4 is 0 Å². The van der Waals surface area contributed by atoms with E-state index in [-0.39, 0.29) is 17.2 Å². The summed E-state index contributed by atoms with van der Waals surface area (Å²) >= 11 is 10.1. The summed E-state index contributed by atoms with van der Waals surface area (Å²) in [4.78, 5) is 37.3. The summed E-state index contributed by atoms with van der Waals surface area (Å²) in [6.45, 7) is 1.07. The summed E-state index contributed by atoms with van der Waals surface area (Å²) in [6.07, 6.45) is 5.09. The Kier molecular flexibility index (Phi) is 17.9. The first-order valence-corrected chi connectivity index (χ1v) is 24.1. The molecule has 0 fully saturated rings. The largest absolute Gasteiger partial charge is 0.478 e. The lowest BCUT2D eigenvalue weighted by Crippen LogP contribution is -2.07. The number of nitrogens with zero attached hydrogens (tertiary/aromatic N) is 2. The Balaban J connectivity index is 0.000000152. The molecule has 2 N–H and O–H groups in total. The molecule has 0 aliphatic carbocycles. The van der Waals surface area contributed by atoms with Crippen LogP contribution in [0.15, 0.2) is 146 Å². The highest BCUT2D eigenvalue weighted by molar-refractivity contribution is 14.1. The van der Waals surface area contributed by atoms with Crippen molar-refractivity contribution in [3.05, 3.63) is 208 Å². The first-order valence-electron chi connectivity index (χ1n) is 19.7. The van der Waals surface area contributed by atoms with Gasteiger partial charge in [0.05, 0.1) is 47.5 Å². The van der Waals surface area contributed by atoms with E-state index in [1.807, 2.05) is 53.1 Å². The van der Waals surface area contributed by atoms with Crippen LogP contribution in [0.5, 0.6) is 0 Å². The van der Waals surface area contributed by atoms with Crippen LogP contribution in [0.3, 0.4) is 0 Å². The molecule has 0 bridgehead atoms. The maximum atomic E-state index is 14.0. The zero-order valence-electron chi connectivity index (χ0n) is 35.0. The summed E-state index contributed by atoms with van der Waals surface area (Å²) < 4.78 is 57.6. The Morgan fingerprint density at radius 3 is 1.38 bits per heavy atom. The van der Waals surface area contributed by atoms with Crippen molar-refractivity contribution < 1.29 is 42.1 Å². The number of rotatable bonds is 8. The molecule has 0 aliphatic heterocycles. The minimum atomic E-state index is -1.05. The molecule has 0 aliphatic rings. The number of alkyl halides is 1. The number of benzene rings is 6. The lowest BCUT2D eigenvalue weighted by atomic mass is 10.1. The van der Waals surface area contributed by atoms with E-state index in [9.17, 15) is 32.7 Å². The maximum Gasteiger partial charge on any atom is 0.340 e. The molecule has 0 unspecified atom stereocenters. The number of halogens is 7. The summed E-state index contributed by atoms with van der Waals surface area (Å²) in [7, 11) is 2.62. The first-order chi connectivity index (χ1) is 31.7. The summed E-state index contributed by atoms with van der Waals surface area (Å²) in [6, 6.07) is 37.3. The molecule has 0 saturated heterocycles. The van der Waals surface area contributed by atoms with Crippen molar-refractivity contribution in [3.8, 4) is 0 Å². The number of methoxy groups -OCH3 is 2. The van der Waals surface area contributed by atoms with E-state index in [0.29, 0.717) is 56.9 Å². The first kappa shape index (κ1) is 50.2. The average molecular weight is 1290 g/mol. The number of carboxylic acid groups (broad SMARTS) is 1. The molecule has 0 spiro atoms. The van der Waals surface area contributed by atoms with E-state index in [4.69, 9.17) is 4.74 Å². The van der Waals surface area contributed by atoms with Gasteiger partial charge < -0.3 is 28.7 Å².